The van der Waals surface area contributed by atoms with Crippen LogP contribution in [0.5, 0.6) is 5.75 Å². The Labute approximate surface area is 139 Å². The molecular weight excluding hydrogens is 286 g/mol. The normalized spacial score (nSPS) is 18.6. The number of carbonyl (C=O) groups is 1. The standard InChI is InChI=1S/C20H27NO2/c1-15(20(22)21-14-16-7-3-2-4-8-16)23-19-12-11-17-9-5-6-10-18(17)13-19/h7,11-13,15H,2-6,8-10,14H2,1H3,(H,21,22)/t15-/m0/s1. The Morgan fingerprint density at radius 2 is 1.91 bits per heavy atom. The van der Waals surface area contributed by atoms with Gasteiger partial charge >= 0.3 is 0 Å². The maximum absolute atomic E-state index is 12.2. The number of amides is 1. The maximum atomic E-state index is 12.2. The van der Waals surface area contributed by atoms with Crippen molar-refractivity contribution in [2.24, 2.45) is 0 Å². The van der Waals surface area contributed by atoms with E-state index >= 15 is 0 Å². The fourth-order valence-electron chi connectivity index (χ4n) is 3.45. The van der Waals surface area contributed by atoms with E-state index in [4.69, 9.17) is 4.74 Å². The Hall–Kier alpha value is -1.77. The lowest BCUT2D eigenvalue weighted by atomic mass is 9.92. The molecule has 0 heterocycles. The number of hydrogen-bond acceptors (Lipinski definition) is 2. The van der Waals surface area contributed by atoms with E-state index < -0.39 is 6.10 Å². The summed E-state index contributed by atoms with van der Waals surface area (Å²) in [4.78, 5) is 12.2. The highest BCUT2D eigenvalue weighted by atomic mass is 16.5. The van der Waals surface area contributed by atoms with Crippen molar-refractivity contribution in [2.45, 2.75) is 64.4 Å². The topological polar surface area (TPSA) is 38.3 Å². The summed E-state index contributed by atoms with van der Waals surface area (Å²) in [5, 5.41) is 3.00. The largest absolute Gasteiger partial charge is 0.481 e. The molecule has 0 aromatic heterocycles. The van der Waals surface area contributed by atoms with Crippen LogP contribution >= 0.6 is 0 Å². The number of benzene rings is 1. The Balaban J connectivity index is 1.52. The van der Waals surface area contributed by atoms with Gasteiger partial charge in [-0.3, -0.25) is 4.79 Å². The van der Waals surface area contributed by atoms with Crippen LogP contribution in [0.15, 0.2) is 29.8 Å². The van der Waals surface area contributed by atoms with Crippen LogP contribution < -0.4 is 10.1 Å². The molecule has 0 unspecified atom stereocenters. The second kappa shape index (κ2) is 7.67. The summed E-state index contributed by atoms with van der Waals surface area (Å²) in [6.07, 6.45) is 11.4. The summed E-state index contributed by atoms with van der Waals surface area (Å²) in [5.41, 5.74) is 4.17. The predicted octanol–water partition coefficient (Wildman–Crippen LogP) is 3.95. The smallest absolute Gasteiger partial charge is 0.261 e. The van der Waals surface area contributed by atoms with E-state index in [1.807, 2.05) is 13.0 Å². The highest BCUT2D eigenvalue weighted by Gasteiger charge is 2.16. The second-order valence-electron chi connectivity index (χ2n) is 6.72. The van der Waals surface area contributed by atoms with E-state index in [9.17, 15) is 4.79 Å². The van der Waals surface area contributed by atoms with E-state index in [1.54, 1.807) is 0 Å². The van der Waals surface area contributed by atoms with Crippen molar-refractivity contribution >= 4 is 5.91 Å². The van der Waals surface area contributed by atoms with Gasteiger partial charge in [-0.25, -0.2) is 0 Å². The van der Waals surface area contributed by atoms with Gasteiger partial charge in [0.1, 0.15) is 5.75 Å². The van der Waals surface area contributed by atoms with Crippen LogP contribution in [0.25, 0.3) is 0 Å². The Bertz CT molecular complexity index is 591. The minimum absolute atomic E-state index is 0.0332. The second-order valence-corrected chi connectivity index (χ2v) is 6.72. The Morgan fingerprint density at radius 1 is 1.13 bits per heavy atom. The number of hydrogen-bond donors (Lipinski definition) is 1. The molecule has 0 saturated heterocycles. The molecule has 3 nitrogen and oxygen atoms in total. The van der Waals surface area contributed by atoms with Gasteiger partial charge in [-0.15, -0.1) is 0 Å². The van der Waals surface area contributed by atoms with Crippen molar-refractivity contribution in [3.05, 3.63) is 41.0 Å². The van der Waals surface area contributed by atoms with Crippen LogP contribution in [0.2, 0.25) is 0 Å². The molecule has 0 fully saturated rings. The number of carbonyl (C=O) groups excluding carboxylic acids is 1. The van der Waals surface area contributed by atoms with E-state index in [-0.39, 0.29) is 5.91 Å². The SMILES string of the molecule is C[C@H](Oc1ccc2c(c1)CCCC2)C(=O)NCC1=CCCCC1. The maximum Gasteiger partial charge on any atom is 0.261 e. The minimum Gasteiger partial charge on any atom is -0.481 e. The third kappa shape index (κ3) is 4.37. The molecular formula is C20H27NO2. The highest BCUT2D eigenvalue weighted by molar-refractivity contribution is 5.80. The highest BCUT2D eigenvalue weighted by Crippen LogP contribution is 2.26. The third-order valence-corrected chi connectivity index (χ3v) is 4.88. The van der Waals surface area contributed by atoms with Gasteiger partial charge in [-0.05, 0) is 81.5 Å². The molecule has 1 amide bonds. The molecule has 0 aliphatic heterocycles. The molecule has 1 aromatic rings. The number of allylic oxidation sites excluding steroid dienone is 1. The quantitative estimate of drug-likeness (QED) is 0.836. The van der Waals surface area contributed by atoms with Crippen molar-refractivity contribution in [1.29, 1.82) is 0 Å². The average molecular weight is 313 g/mol. The van der Waals surface area contributed by atoms with E-state index in [1.165, 1.54) is 48.8 Å². The summed E-state index contributed by atoms with van der Waals surface area (Å²) >= 11 is 0. The Morgan fingerprint density at radius 3 is 2.70 bits per heavy atom. The third-order valence-electron chi connectivity index (χ3n) is 4.88. The van der Waals surface area contributed by atoms with Gasteiger partial charge in [-0.2, -0.15) is 0 Å². The van der Waals surface area contributed by atoms with Crippen LogP contribution in [0.4, 0.5) is 0 Å². The predicted molar refractivity (Wildman–Crippen MR) is 92.7 cm³/mol. The molecule has 23 heavy (non-hydrogen) atoms. The van der Waals surface area contributed by atoms with Crippen molar-refractivity contribution in [2.75, 3.05) is 6.54 Å². The van der Waals surface area contributed by atoms with Gasteiger partial charge in [0.15, 0.2) is 6.10 Å². The van der Waals surface area contributed by atoms with Gasteiger partial charge in [0.05, 0.1) is 0 Å². The van der Waals surface area contributed by atoms with E-state index in [0.29, 0.717) is 6.54 Å². The lowest BCUT2D eigenvalue weighted by molar-refractivity contribution is -0.127. The van der Waals surface area contributed by atoms with Crippen LogP contribution in [-0.2, 0) is 17.6 Å². The molecule has 2 aliphatic carbocycles. The van der Waals surface area contributed by atoms with Crippen LogP contribution in [-0.4, -0.2) is 18.6 Å². The Kier molecular flexibility index (Phi) is 5.37. The van der Waals surface area contributed by atoms with Crippen LogP contribution in [0.1, 0.15) is 56.6 Å². The number of fused-ring (bicyclic) bond motifs is 1. The minimum atomic E-state index is -0.458. The number of rotatable bonds is 5. The zero-order chi connectivity index (χ0) is 16.1. The molecule has 1 aromatic carbocycles. The zero-order valence-electron chi connectivity index (χ0n) is 14.1. The molecule has 0 spiro atoms. The first-order valence-corrected chi connectivity index (χ1v) is 8.96. The fourth-order valence-corrected chi connectivity index (χ4v) is 3.45. The van der Waals surface area contributed by atoms with Crippen LogP contribution in [0, 0.1) is 0 Å². The molecule has 2 aliphatic rings. The van der Waals surface area contributed by atoms with Crippen molar-refractivity contribution in [3.63, 3.8) is 0 Å². The summed E-state index contributed by atoms with van der Waals surface area (Å²) in [7, 11) is 0. The number of nitrogens with one attached hydrogen (secondary N) is 1. The lowest BCUT2D eigenvalue weighted by Crippen LogP contribution is -2.37. The molecule has 0 bridgehead atoms. The van der Waals surface area contributed by atoms with Crippen LogP contribution in [0.3, 0.4) is 0 Å². The number of aryl methyl sites for hydroxylation is 2. The van der Waals surface area contributed by atoms with Gasteiger partial charge in [0.2, 0.25) is 0 Å². The van der Waals surface area contributed by atoms with Gasteiger partial charge in [0.25, 0.3) is 5.91 Å². The summed E-state index contributed by atoms with van der Waals surface area (Å²) < 4.78 is 5.85. The summed E-state index contributed by atoms with van der Waals surface area (Å²) in [5.74, 6) is 0.777. The molecule has 0 radical (unpaired) electrons. The first kappa shape index (κ1) is 16.1. The summed E-state index contributed by atoms with van der Waals surface area (Å²) in [6.45, 7) is 2.49. The number of ether oxygens (including phenoxy) is 1. The first-order chi connectivity index (χ1) is 11.2. The summed E-state index contributed by atoms with van der Waals surface area (Å²) in [6, 6.07) is 6.26. The van der Waals surface area contributed by atoms with E-state index in [2.05, 4.69) is 23.5 Å². The average Bonchev–Trinajstić information content (AvgIpc) is 2.60. The van der Waals surface area contributed by atoms with E-state index in [0.717, 1.165) is 25.0 Å². The lowest BCUT2D eigenvalue weighted by Gasteiger charge is -2.20. The monoisotopic (exact) mass is 313 g/mol. The molecule has 3 rings (SSSR count). The molecule has 1 N–H and O–H groups in total. The van der Waals surface area contributed by atoms with Crippen molar-refractivity contribution < 1.29 is 9.53 Å². The first-order valence-electron chi connectivity index (χ1n) is 8.96. The molecule has 3 heteroatoms. The van der Waals surface area contributed by atoms with Gasteiger partial charge in [0, 0.05) is 6.54 Å². The molecule has 0 saturated carbocycles. The zero-order valence-corrected chi connectivity index (χ0v) is 14.1. The molecule has 1 atom stereocenters. The fraction of sp³-hybridized carbons (Fsp3) is 0.550. The van der Waals surface area contributed by atoms with Gasteiger partial charge in [-0.1, -0.05) is 17.7 Å². The van der Waals surface area contributed by atoms with Crippen molar-refractivity contribution in [3.8, 4) is 5.75 Å². The van der Waals surface area contributed by atoms with Crippen molar-refractivity contribution in [1.82, 2.24) is 5.32 Å². The molecule has 124 valence electrons. The van der Waals surface area contributed by atoms with Gasteiger partial charge < -0.3 is 10.1 Å².